The van der Waals surface area contributed by atoms with E-state index in [-0.39, 0.29) is 171 Å². The van der Waals surface area contributed by atoms with Crippen LogP contribution in [0.1, 0.15) is 0 Å². The molecule has 7 heavy (non-hydrogen) atoms. The minimum atomic E-state index is 0. The third kappa shape index (κ3) is 35.6. The average molecular weight is 606 g/mol. The summed E-state index contributed by atoms with van der Waals surface area (Å²) in [5.74, 6) is 0. The maximum Gasteiger partial charge on any atom is 3.00 e. The van der Waals surface area contributed by atoms with Crippen molar-refractivity contribution in [3.63, 3.8) is 0 Å². The Morgan fingerprint density at radius 1 is 0.429 bits per heavy atom. The van der Waals surface area contributed by atoms with E-state index >= 15 is 0 Å². The molecule has 3 nitrogen and oxygen atoms in total. The van der Waals surface area contributed by atoms with E-state index in [2.05, 4.69) is 0 Å². The molecule has 7 heteroatoms. The van der Waals surface area contributed by atoms with Crippen LogP contribution in [0.2, 0.25) is 0 Å². The predicted octanol–water partition coefficient (Wildman–Crippen LogP) is -0.356. The van der Waals surface area contributed by atoms with Crippen molar-refractivity contribution in [2.24, 2.45) is 0 Å². The zero-order chi connectivity index (χ0) is 0. The molecule has 0 rings (SSSR count). The minimum absolute atomic E-state index is 0. The molecule has 0 aliphatic rings. The van der Waals surface area contributed by atoms with Crippen molar-refractivity contribution in [2.45, 2.75) is 0 Å². The summed E-state index contributed by atoms with van der Waals surface area (Å²) in [6.07, 6.45) is 0. The number of hydrogen-bond acceptors (Lipinski definition) is 0. The first-order valence-electron chi connectivity index (χ1n) is 0. The SMILES string of the molecule is [Ce].[Ce].[La+3].[La+3].[O-2].[O-2].[O-2]. The van der Waals surface area contributed by atoms with Gasteiger partial charge in [-0.25, -0.2) is 0 Å². The van der Waals surface area contributed by atoms with Crippen LogP contribution < -0.4 is 0 Å². The molecular weight excluding hydrogens is 606 g/mol. The second-order valence-corrected chi connectivity index (χ2v) is 0. The first-order valence-corrected chi connectivity index (χ1v) is 0. The van der Waals surface area contributed by atoms with Gasteiger partial charge in [0.1, 0.15) is 0 Å². The van der Waals surface area contributed by atoms with Gasteiger partial charge in [-0.15, -0.1) is 0 Å². The van der Waals surface area contributed by atoms with Gasteiger partial charge in [-0.3, -0.25) is 0 Å². The predicted molar refractivity (Wildman–Crippen MR) is 2.06 cm³/mol. The Kier molecular flexibility index (Phi) is 363. The standard InChI is InChI=1S/2Ce.2La.3O/q;;2*+3;3*-2. The third-order valence-corrected chi connectivity index (χ3v) is 0. The maximum absolute atomic E-state index is 0. The first kappa shape index (κ1) is 57.9. The van der Waals surface area contributed by atoms with Crippen LogP contribution in [0.3, 0.4) is 0 Å². The molecule has 32 valence electrons. The van der Waals surface area contributed by atoms with Crippen LogP contribution in [0.15, 0.2) is 0 Å². The van der Waals surface area contributed by atoms with Gasteiger partial charge in [0.05, 0.1) is 0 Å². The molecule has 0 saturated heterocycles. The van der Waals surface area contributed by atoms with E-state index < -0.39 is 0 Å². The molecule has 0 fully saturated rings. The van der Waals surface area contributed by atoms with Gasteiger partial charge in [0.15, 0.2) is 0 Å². The van der Waals surface area contributed by atoms with Crippen LogP contribution in [-0.4, -0.2) is 0 Å². The molecule has 0 atom stereocenters. The monoisotopic (exact) mass is 606 g/mol. The molecule has 0 radical (unpaired) electrons. The summed E-state index contributed by atoms with van der Waals surface area (Å²) in [7, 11) is 0. The molecule has 0 heterocycles. The molecule has 0 unspecified atom stereocenters. The Bertz CT molecular complexity index is 10.9. The summed E-state index contributed by atoms with van der Waals surface area (Å²) in [4.78, 5) is 0. The smallest absolute Gasteiger partial charge is 2.00 e. The largest absolute Gasteiger partial charge is 3.00 e. The molecular formula is Ce2La2O3. The fourth-order valence-electron chi connectivity index (χ4n) is 0. The molecule has 0 aliphatic carbocycles. The Morgan fingerprint density at radius 2 is 0.429 bits per heavy atom. The van der Waals surface area contributed by atoms with Gasteiger partial charge in [0.25, 0.3) is 0 Å². The molecule has 0 aromatic rings. The summed E-state index contributed by atoms with van der Waals surface area (Å²) < 4.78 is 0. The number of rotatable bonds is 0. The van der Waals surface area contributed by atoms with Gasteiger partial charge < -0.3 is 16.4 Å². The van der Waals surface area contributed by atoms with Crippen LogP contribution in [-0.2, 0) is 16.4 Å². The van der Waals surface area contributed by atoms with Crippen molar-refractivity contribution < 1.29 is 171 Å². The summed E-state index contributed by atoms with van der Waals surface area (Å²) in [6, 6.07) is 0. The Hall–Kier alpha value is 5.02. The maximum atomic E-state index is 0. The Morgan fingerprint density at radius 3 is 0.429 bits per heavy atom. The van der Waals surface area contributed by atoms with Crippen molar-refractivity contribution in [3.05, 3.63) is 0 Å². The fourth-order valence-corrected chi connectivity index (χ4v) is 0. The second-order valence-electron chi connectivity index (χ2n) is 0. The zero-order valence-electron chi connectivity index (χ0n) is 3.38. The van der Waals surface area contributed by atoms with Gasteiger partial charge in [0, 0.05) is 83.5 Å². The van der Waals surface area contributed by atoms with Crippen molar-refractivity contribution in [3.8, 4) is 0 Å². The van der Waals surface area contributed by atoms with Crippen molar-refractivity contribution >= 4 is 0 Å². The average Bonchev–Trinajstić information content (AvgIpc) is 0. The minimum Gasteiger partial charge on any atom is -2.00 e. The summed E-state index contributed by atoms with van der Waals surface area (Å²) >= 11 is 0. The normalized spacial score (nSPS) is 0. The summed E-state index contributed by atoms with van der Waals surface area (Å²) in [5.41, 5.74) is 0. The fraction of sp³-hybridized carbons (Fsp3) is 0. The molecule has 0 spiro atoms. The molecule has 0 saturated carbocycles. The summed E-state index contributed by atoms with van der Waals surface area (Å²) in [5, 5.41) is 0. The quantitative estimate of drug-likeness (QED) is 0.362. The van der Waals surface area contributed by atoms with Gasteiger partial charge in [-0.2, -0.15) is 0 Å². The molecule has 0 aliphatic heterocycles. The van der Waals surface area contributed by atoms with Crippen LogP contribution in [0, 0.1) is 155 Å². The second kappa shape index (κ2) is 43.9. The van der Waals surface area contributed by atoms with E-state index in [0.29, 0.717) is 0 Å². The zero-order valence-corrected chi connectivity index (χ0v) is 16.9. The molecule has 0 bridgehead atoms. The van der Waals surface area contributed by atoms with Crippen LogP contribution in [0.5, 0.6) is 0 Å². The van der Waals surface area contributed by atoms with Gasteiger partial charge in [0.2, 0.25) is 0 Å². The van der Waals surface area contributed by atoms with E-state index in [9.17, 15) is 0 Å². The van der Waals surface area contributed by atoms with E-state index in [1.807, 2.05) is 0 Å². The number of hydrogen-bond donors (Lipinski definition) is 0. The van der Waals surface area contributed by atoms with E-state index in [1.165, 1.54) is 0 Å². The van der Waals surface area contributed by atoms with E-state index in [0.717, 1.165) is 0 Å². The van der Waals surface area contributed by atoms with Gasteiger partial charge in [-0.1, -0.05) is 0 Å². The molecule has 0 aromatic heterocycles. The molecule has 0 aromatic carbocycles. The van der Waals surface area contributed by atoms with Crippen molar-refractivity contribution in [1.82, 2.24) is 0 Å². The molecule has 0 N–H and O–H groups in total. The Balaban J connectivity index is 0. The molecule has 0 amide bonds. The topological polar surface area (TPSA) is 85.5 Å². The third-order valence-electron chi connectivity index (χ3n) is 0. The van der Waals surface area contributed by atoms with Gasteiger partial charge >= 0.3 is 71.2 Å². The Labute approximate surface area is 166 Å². The van der Waals surface area contributed by atoms with Crippen molar-refractivity contribution in [1.29, 1.82) is 0 Å². The van der Waals surface area contributed by atoms with E-state index in [4.69, 9.17) is 0 Å². The van der Waals surface area contributed by atoms with Crippen molar-refractivity contribution in [2.75, 3.05) is 0 Å². The van der Waals surface area contributed by atoms with Crippen LogP contribution >= 0.6 is 0 Å². The van der Waals surface area contributed by atoms with Crippen LogP contribution in [0.4, 0.5) is 0 Å². The first-order chi connectivity index (χ1) is 0. The van der Waals surface area contributed by atoms with Crippen LogP contribution in [0.25, 0.3) is 0 Å². The van der Waals surface area contributed by atoms with Gasteiger partial charge in [-0.05, 0) is 0 Å². The van der Waals surface area contributed by atoms with E-state index in [1.54, 1.807) is 0 Å². The summed E-state index contributed by atoms with van der Waals surface area (Å²) in [6.45, 7) is 0.